The van der Waals surface area contributed by atoms with E-state index in [1.54, 1.807) is 24.5 Å². The molecule has 1 aromatic rings. The molecule has 3 aliphatic rings. The monoisotopic (exact) mass is 309 g/mol. The minimum atomic E-state index is -0.251. The van der Waals surface area contributed by atoms with Crippen molar-refractivity contribution in [3.63, 3.8) is 0 Å². The molecule has 3 heterocycles. The van der Waals surface area contributed by atoms with Gasteiger partial charge in [-0.2, -0.15) is 10.2 Å². The Hall–Kier alpha value is -2.83. The largest absolute Gasteiger partial charge is 0.273 e. The average molecular weight is 309 g/mol. The summed E-state index contributed by atoms with van der Waals surface area (Å²) in [5.41, 5.74) is 4.98. The number of amides is 2. The van der Waals surface area contributed by atoms with Gasteiger partial charge in [0.25, 0.3) is 5.91 Å². The summed E-state index contributed by atoms with van der Waals surface area (Å²) in [6, 6.07) is 0. The van der Waals surface area contributed by atoms with E-state index in [0.717, 1.165) is 34.7 Å². The first-order valence-electron chi connectivity index (χ1n) is 7.63. The van der Waals surface area contributed by atoms with Gasteiger partial charge in [-0.3, -0.25) is 25.0 Å². The van der Waals surface area contributed by atoms with E-state index in [0.29, 0.717) is 25.0 Å². The number of hydrogen-bond donors (Lipinski definition) is 1. The Morgan fingerprint density at radius 1 is 1.26 bits per heavy atom. The number of carbonyl (C=O) groups is 2. The molecule has 1 N–H and O–H groups in total. The van der Waals surface area contributed by atoms with Crippen LogP contribution in [-0.4, -0.2) is 28.4 Å². The maximum absolute atomic E-state index is 12.4. The van der Waals surface area contributed by atoms with Crippen molar-refractivity contribution in [2.75, 3.05) is 6.54 Å². The zero-order valence-electron chi connectivity index (χ0n) is 12.5. The first-order chi connectivity index (χ1) is 11.2. The Morgan fingerprint density at radius 2 is 2.17 bits per heavy atom. The minimum Gasteiger partial charge on any atom is -0.273 e. The van der Waals surface area contributed by atoms with Crippen molar-refractivity contribution in [1.82, 2.24) is 15.4 Å². The topological polar surface area (TPSA) is 87.0 Å². The van der Waals surface area contributed by atoms with Gasteiger partial charge in [-0.1, -0.05) is 6.08 Å². The third-order valence-corrected chi connectivity index (χ3v) is 4.23. The summed E-state index contributed by atoms with van der Waals surface area (Å²) in [6.45, 7) is 0.568. The van der Waals surface area contributed by atoms with Crippen molar-refractivity contribution < 1.29 is 9.59 Å². The van der Waals surface area contributed by atoms with Crippen LogP contribution in [0.4, 0.5) is 5.69 Å². The molecular weight excluding hydrogens is 294 g/mol. The van der Waals surface area contributed by atoms with E-state index in [1.807, 2.05) is 0 Å². The number of allylic oxidation sites excluding steroid dienone is 1. The highest BCUT2D eigenvalue weighted by Crippen LogP contribution is 2.20. The molecule has 23 heavy (non-hydrogen) atoms. The van der Waals surface area contributed by atoms with Crippen molar-refractivity contribution in [2.45, 2.75) is 25.7 Å². The van der Waals surface area contributed by atoms with Gasteiger partial charge >= 0.3 is 0 Å². The van der Waals surface area contributed by atoms with Crippen molar-refractivity contribution in [2.24, 2.45) is 10.2 Å². The minimum absolute atomic E-state index is 0.0312. The maximum Gasteiger partial charge on any atom is 0.266 e. The first-order valence-corrected chi connectivity index (χ1v) is 7.63. The molecule has 2 aliphatic heterocycles. The Morgan fingerprint density at radius 3 is 3.04 bits per heavy atom. The van der Waals surface area contributed by atoms with Gasteiger partial charge in [-0.25, -0.2) is 0 Å². The fourth-order valence-electron chi connectivity index (χ4n) is 2.96. The second-order valence-electron chi connectivity index (χ2n) is 5.75. The third-order valence-electron chi connectivity index (χ3n) is 4.23. The first kappa shape index (κ1) is 13.8. The van der Waals surface area contributed by atoms with Crippen molar-refractivity contribution in [1.29, 1.82) is 0 Å². The molecule has 1 aliphatic carbocycles. The molecule has 0 unspecified atom stereocenters. The Labute approximate surface area is 132 Å². The molecule has 0 radical (unpaired) electrons. The lowest BCUT2D eigenvalue weighted by Crippen LogP contribution is -2.49. The van der Waals surface area contributed by atoms with Gasteiger partial charge in [0, 0.05) is 41.9 Å². The summed E-state index contributed by atoms with van der Waals surface area (Å²) in [5, 5.41) is 11.1. The fourth-order valence-corrected chi connectivity index (χ4v) is 2.96. The quantitative estimate of drug-likeness (QED) is 0.848. The van der Waals surface area contributed by atoms with Crippen LogP contribution in [0.1, 0.15) is 24.8 Å². The lowest BCUT2D eigenvalue weighted by molar-refractivity contribution is -0.142. The van der Waals surface area contributed by atoms with Gasteiger partial charge in [-0.05, 0) is 18.9 Å². The second-order valence-corrected chi connectivity index (χ2v) is 5.75. The maximum atomic E-state index is 12.4. The predicted octanol–water partition coefficient (Wildman–Crippen LogP) is 0.224. The molecule has 116 valence electrons. The number of aromatic nitrogens is 1. The van der Waals surface area contributed by atoms with E-state index < -0.39 is 0 Å². The van der Waals surface area contributed by atoms with Gasteiger partial charge in [0.15, 0.2) is 0 Å². The molecule has 1 aromatic heterocycles. The molecule has 1 saturated heterocycles. The summed E-state index contributed by atoms with van der Waals surface area (Å²) < 4.78 is 0. The van der Waals surface area contributed by atoms with Gasteiger partial charge in [0.1, 0.15) is 5.69 Å². The molecule has 2 amide bonds. The highest BCUT2D eigenvalue weighted by molar-refractivity contribution is 5.96. The number of rotatable bonds is 2. The summed E-state index contributed by atoms with van der Waals surface area (Å²) in [5.74, 6) is -0.282. The molecule has 7 heteroatoms. The van der Waals surface area contributed by atoms with Crippen LogP contribution in [0.15, 0.2) is 28.1 Å². The van der Waals surface area contributed by atoms with Gasteiger partial charge in [0.2, 0.25) is 5.91 Å². The van der Waals surface area contributed by atoms with Gasteiger partial charge in [0.05, 0.1) is 11.5 Å². The van der Waals surface area contributed by atoms with Crippen molar-refractivity contribution in [3.8, 4) is 0 Å². The van der Waals surface area contributed by atoms with E-state index in [2.05, 4.69) is 20.6 Å². The molecule has 7 nitrogen and oxygen atoms in total. The van der Waals surface area contributed by atoms with Crippen LogP contribution in [0, 0.1) is 0 Å². The summed E-state index contributed by atoms with van der Waals surface area (Å²) in [7, 11) is 0. The number of hydrogen-bond acceptors (Lipinski definition) is 5. The molecule has 1 fully saturated rings. The molecular formula is C16H15N5O2. The normalized spacial score (nSPS) is 18.5. The number of piperidine rings is 1. The van der Waals surface area contributed by atoms with Gasteiger partial charge in [-0.15, -0.1) is 0 Å². The zero-order chi connectivity index (χ0) is 15.8. The number of hydrazine groups is 1. The molecule has 0 bridgehead atoms. The molecule has 0 aromatic carbocycles. The summed E-state index contributed by atoms with van der Waals surface area (Å²) in [4.78, 5) is 28.6. The standard InChI is InChI=1S/C16H15N5O2/c22-14-3-1-2-6-21(14)20-16(23)10-4-5-13-12(7-10)15-11(8-17-13)9-18-19-15/h4-5,8-9H,1-3,6-7H2,(H,20,23). The van der Waals surface area contributed by atoms with Crippen LogP contribution in [0.3, 0.4) is 0 Å². The predicted molar refractivity (Wildman–Crippen MR) is 82.4 cm³/mol. The summed E-state index contributed by atoms with van der Waals surface area (Å²) >= 11 is 0. The van der Waals surface area contributed by atoms with Crippen LogP contribution in [-0.2, 0) is 16.0 Å². The number of pyridine rings is 1. The Bertz CT molecular complexity index is 884. The van der Waals surface area contributed by atoms with E-state index in [-0.39, 0.29) is 11.8 Å². The van der Waals surface area contributed by atoms with Crippen LogP contribution in [0.2, 0.25) is 0 Å². The Kier molecular flexibility index (Phi) is 3.25. The highest BCUT2D eigenvalue weighted by Gasteiger charge is 2.23. The average Bonchev–Trinajstić information content (AvgIpc) is 3.05. The molecule has 0 saturated carbocycles. The van der Waals surface area contributed by atoms with E-state index in [4.69, 9.17) is 0 Å². The van der Waals surface area contributed by atoms with E-state index in [9.17, 15) is 9.59 Å². The smallest absolute Gasteiger partial charge is 0.266 e. The number of azo groups is 1. The van der Waals surface area contributed by atoms with Crippen molar-refractivity contribution in [3.05, 3.63) is 34.0 Å². The van der Waals surface area contributed by atoms with E-state index in [1.165, 1.54) is 5.01 Å². The summed E-state index contributed by atoms with van der Waals surface area (Å²) in [6.07, 6.45) is 9.66. The molecule has 0 spiro atoms. The number of fused-ring (bicyclic) bond motifs is 3. The number of carbonyl (C=O) groups excluding carboxylic acids is 2. The third kappa shape index (κ3) is 2.44. The molecule has 4 rings (SSSR count). The van der Waals surface area contributed by atoms with E-state index >= 15 is 0 Å². The lowest BCUT2D eigenvalue weighted by Gasteiger charge is -2.27. The lowest BCUT2D eigenvalue weighted by atomic mass is 9.98. The van der Waals surface area contributed by atoms with Gasteiger partial charge < -0.3 is 0 Å². The van der Waals surface area contributed by atoms with Crippen molar-refractivity contribution >= 4 is 29.8 Å². The van der Waals surface area contributed by atoms with Crippen LogP contribution < -0.4 is 16.0 Å². The number of nitrogens with one attached hydrogen (secondary N) is 1. The van der Waals surface area contributed by atoms with Crippen LogP contribution in [0.25, 0.3) is 12.3 Å². The molecule has 0 atom stereocenters. The number of nitrogens with zero attached hydrogens (tertiary/aromatic N) is 4. The Balaban J connectivity index is 1.57. The van der Waals surface area contributed by atoms with Crippen LogP contribution >= 0.6 is 0 Å². The highest BCUT2D eigenvalue weighted by atomic mass is 16.2. The SMILES string of the molecule is O=C(NN1CCCCC1=O)C1=CC=c2ncc3c(c2C1)N=NC=3. The second kappa shape index (κ2) is 5.42. The van der Waals surface area contributed by atoms with Crippen LogP contribution in [0.5, 0.6) is 0 Å². The fraction of sp³-hybridized carbons (Fsp3) is 0.312. The zero-order valence-corrected chi connectivity index (χ0v) is 12.5.